The van der Waals surface area contributed by atoms with Gasteiger partial charge in [-0.2, -0.15) is 20.5 Å². The predicted molar refractivity (Wildman–Crippen MR) is 118 cm³/mol. The van der Waals surface area contributed by atoms with Crippen molar-refractivity contribution in [3.05, 3.63) is 82.6 Å². The summed E-state index contributed by atoms with van der Waals surface area (Å²) < 4.78 is 5.66. The van der Waals surface area contributed by atoms with Crippen LogP contribution < -0.4 is 0 Å². The zero-order valence-corrected chi connectivity index (χ0v) is 17.9. The molecule has 2 aromatic rings. The Morgan fingerprint density at radius 2 is 1.84 bits per heavy atom. The van der Waals surface area contributed by atoms with Crippen molar-refractivity contribution in [1.82, 2.24) is 10.0 Å². The van der Waals surface area contributed by atoms with Gasteiger partial charge in [0.15, 0.2) is 6.17 Å². The molecule has 0 aliphatic carbocycles. The highest BCUT2D eigenvalue weighted by atomic mass is 16.6. The van der Waals surface area contributed by atoms with Crippen molar-refractivity contribution in [3.63, 3.8) is 0 Å². The molecule has 7 heteroatoms. The third-order valence-electron chi connectivity index (χ3n) is 4.84. The summed E-state index contributed by atoms with van der Waals surface area (Å²) in [6.45, 7) is 7.40. The first kappa shape index (κ1) is 20.4. The summed E-state index contributed by atoms with van der Waals surface area (Å²) in [7, 11) is 0. The summed E-state index contributed by atoms with van der Waals surface area (Å²) in [4.78, 5) is 13.3. The predicted octanol–water partition coefficient (Wildman–Crippen LogP) is 4.71. The van der Waals surface area contributed by atoms with Gasteiger partial charge in [0.05, 0.1) is 11.9 Å². The first-order chi connectivity index (χ1) is 14.8. The SMILES string of the molecule is Cc1ccc(C2=NN(C(=O)OC(C)(C)C)C3c4ccccc4C=NN3C(C#N)=C2)cc1. The number of allylic oxidation sites excluding steroid dienone is 2. The van der Waals surface area contributed by atoms with Crippen LogP contribution in [0.1, 0.15) is 49.2 Å². The maximum Gasteiger partial charge on any atom is 0.433 e. The summed E-state index contributed by atoms with van der Waals surface area (Å²) >= 11 is 0. The summed E-state index contributed by atoms with van der Waals surface area (Å²) in [5.41, 5.74) is 3.58. The van der Waals surface area contributed by atoms with Crippen molar-refractivity contribution in [2.45, 2.75) is 39.5 Å². The van der Waals surface area contributed by atoms with Crippen molar-refractivity contribution in [2.24, 2.45) is 10.2 Å². The molecule has 1 atom stereocenters. The van der Waals surface area contributed by atoms with Crippen LogP contribution in [0.5, 0.6) is 0 Å². The fraction of sp³-hybridized carbons (Fsp3) is 0.250. The van der Waals surface area contributed by atoms with Gasteiger partial charge in [-0.3, -0.25) is 0 Å². The largest absolute Gasteiger partial charge is 0.442 e. The molecule has 156 valence electrons. The average molecular weight is 413 g/mol. The van der Waals surface area contributed by atoms with Gasteiger partial charge in [-0.05, 0) is 27.7 Å². The van der Waals surface area contributed by atoms with Crippen molar-refractivity contribution < 1.29 is 9.53 Å². The zero-order valence-electron chi connectivity index (χ0n) is 17.9. The molecule has 0 bridgehead atoms. The number of carbonyl (C=O) groups excluding carboxylic acids is 1. The van der Waals surface area contributed by atoms with Gasteiger partial charge in [-0.25, -0.2) is 9.80 Å². The van der Waals surface area contributed by atoms with E-state index in [-0.39, 0.29) is 5.70 Å². The topological polar surface area (TPSA) is 81.3 Å². The molecule has 31 heavy (non-hydrogen) atoms. The monoisotopic (exact) mass is 413 g/mol. The smallest absolute Gasteiger partial charge is 0.433 e. The summed E-state index contributed by atoms with van der Waals surface area (Å²) in [6.07, 6.45) is 1.96. The molecule has 0 N–H and O–H groups in total. The molecule has 0 aromatic heterocycles. The second-order valence-electron chi connectivity index (χ2n) is 8.41. The van der Waals surface area contributed by atoms with Crippen LogP contribution in [0.15, 0.2) is 70.5 Å². The van der Waals surface area contributed by atoms with E-state index in [0.717, 1.165) is 22.3 Å². The van der Waals surface area contributed by atoms with Crippen molar-refractivity contribution in [1.29, 1.82) is 5.26 Å². The highest BCUT2D eigenvalue weighted by Crippen LogP contribution is 2.36. The Morgan fingerprint density at radius 3 is 2.52 bits per heavy atom. The van der Waals surface area contributed by atoms with Crippen molar-refractivity contribution in [2.75, 3.05) is 0 Å². The van der Waals surface area contributed by atoms with E-state index in [4.69, 9.17) is 4.74 Å². The molecule has 2 aliphatic rings. The molecule has 4 rings (SSSR count). The van der Waals surface area contributed by atoms with E-state index in [0.29, 0.717) is 5.71 Å². The standard InChI is InChI=1S/C24H23N5O2/c1-16-9-11-17(12-10-16)21-13-19(14-25)28-22(20-8-6-5-7-18(20)15-26-28)29(27-21)23(30)31-24(2,3)4/h5-13,15,22H,1-4H3. The number of nitrogens with zero attached hydrogens (tertiary/aromatic N) is 5. The summed E-state index contributed by atoms with van der Waals surface area (Å²) in [5, 5.41) is 21.8. The molecule has 1 unspecified atom stereocenters. The lowest BCUT2D eigenvalue weighted by molar-refractivity contribution is -0.00431. The number of hydrogen-bond donors (Lipinski definition) is 0. The third kappa shape index (κ3) is 4.05. The maximum atomic E-state index is 13.3. The molecule has 0 saturated carbocycles. The number of amides is 1. The lowest BCUT2D eigenvalue weighted by Crippen LogP contribution is -2.43. The van der Waals surface area contributed by atoms with E-state index in [1.807, 2.05) is 55.5 Å². The van der Waals surface area contributed by atoms with E-state index in [9.17, 15) is 10.1 Å². The normalized spacial score (nSPS) is 17.6. The molecule has 0 radical (unpaired) electrons. The highest BCUT2D eigenvalue weighted by Gasteiger charge is 2.39. The fourth-order valence-electron chi connectivity index (χ4n) is 3.41. The second-order valence-corrected chi connectivity index (χ2v) is 8.41. The molecular formula is C24H23N5O2. The zero-order chi connectivity index (χ0) is 22.2. The van der Waals surface area contributed by atoms with Crippen LogP contribution in [0, 0.1) is 18.3 Å². The minimum absolute atomic E-state index is 0.279. The number of benzene rings is 2. The van der Waals surface area contributed by atoms with Gasteiger partial charge in [-0.1, -0.05) is 54.1 Å². The lowest BCUT2D eigenvalue weighted by atomic mass is 10.0. The Labute approximate surface area is 181 Å². The van der Waals surface area contributed by atoms with Gasteiger partial charge in [0.2, 0.25) is 0 Å². The fourth-order valence-corrected chi connectivity index (χ4v) is 3.41. The number of aryl methyl sites for hydroxylation is 1. The van der Waals surface area contributed by atoms with E-state index in [1.165, 1.54) is 10.0 Å². The Bertz CT molecular complexity index is 1150. The van der Waals surface area contributed by atoms with E-state index in [2.05, 4.69) is 16.3 Å². The van der Waals surface area contributed by atoms with Gasteiger partial charge in [0.25, 0.3) is 0 Å². The number of carbonyl (C=O) groups is 1. The average Bonchev–Trinajstić information content (AvgIpc) is 2.90. The van der Waals surface area contributed by atoms with E-state index in [1.54, 1.807) is 33.1 Å². The van der Waals surface area contributed by atoms with Crippen molar-refractivity contribution in [3.8, 4) is 6.07 Å². The van der Waals surface area contributed by atoms with Crippen LogP contribution in [-0.2, 0) is 4.74 Å². The number of rotatable bonds is 1. The lowest BCUT2D eigenvalue weighted by Gasteiger charge is -2.36. The Hall–Kier alpha value is -3.92. The van der Waals surface area contributed by atoms with Crippen LogP contribution in [0.4, 0.5) is 4.79 Å². The van der Waals surface area contributed by atoms with Gasteiger partial charge >= 0.3 is 6.09 Å². The van der Waals surface area contributed by atoms with Crippen LogP contribution in [0.2, 0.25) is 0 Å². The molecule has 0 saturated heterocycles. The molecule has 2 aliphatic heterocycles. The maximum absolute atomic E-state index is 13.3. The van der Waals surface area contributed by atoms with Gasteiger partial charge in [0, 0.05) is 22.8 Å². The first-order valence-electron chi connectivity index (χ1n) is 9.98. The minimum Gasteiger partial charge on any atom is -0.442 e. The van der Waals surface area contributed by atoms with Crippen LogP contribution >= 0.6 is 0 Å². The number of fused-ring (bicyclic) bond motifs is 3. The highest BCUT2D eigenvalue weighted by molar-refractivity contribution is 6.09. The van der Waals surface area contributed by atoms with Gasteiger partial charge < -0.3 is 4.74 Å². The van der Waals surface area contributed by atoms with Crippen LogP contribution in [-0.4, -0.2) is 33.6 Å². The number of ether oxygens (including phenoxy) is 1. The Morgan fingerprint density at radius 1 is 1.13 bits per heavy atom. The number of nitriles is 1. The first-order valence-corrected chi connectivity index (χ1v) is 9.98. The number of hydrazone groups is 2. The molecular weight excluding hydrogens is 390 g/mol. The van der Waals surface area contributed by atoms with Crippen LogP contribution in [0.3, 0.4) is 0 Å². The molecule has 2 aromatic carbocycles. The van der Waals surface area contributed by atoms with Gasteiger partial charge in [0.1, 0.15) is 17.4 Å². The second kappa shape index (κ2) is 7.73. The van der Waals surface area contributed by atoms with Crippen LogP contribution in [0.25, 0.3) is 0 Å². The minimum atomic E-state index is -0.745. The molecule has 1 amide bonds. The molecule has 0 fully saturated rings. The van der Waals surface area contributed by atoms with E-state index < -0.39 is 17.9 Å². The summed E-state index contributed by atoms with van der Waals surface area (Å²) in [6, 6.07) is 17.5. The quantitative estimate of drug-likeness (QED) is 0.678. The number of hydrogen-bond acceptors (Lipinski definition) is 6. The third-order valence-corrected chi connectivity index (χ3v) is 4.84. The molecule has 0 spiro atoms. The van der Waals surface area contributed by atoms with E-state index >= 15 is 0 Å². The Balaban J connectivity index is 1.91. The summed E-state index contributed by atoms with van der Waals surface area (Å²) in [5.74, 6) is 0. The Kier molecular flexibility index (Phi) is 5.07. The molecule has 7 nitrogen and oxygen atoms in total. The van der Waals surface area contributed by atoms with Crippen molar-refractivity contribution >= 4 is 18.0 Å². The van der Waals surface area contributed by atoms with Gasteiger partial charge in [-0.15, -0.1) is 0 Å². The molecule has 2 heterocycles.